The Labute approximate surface area is 117 Å². The number of hydrogen-bond donors (Lipinski definition) is 2. The van der Waals surface area contributed by atoms with E-state index in [1.807, 2.05) is 7.05 Å². The molecule has 0 spiro atoms. The lowest BCUT2D eigenvalue weighted by Gasteiger charge is -2.28. The molecule has 0 aromatic heterocycles. The van der Waals surface area contributed by atoms with E-state index in [4.69, 9.17) is 0 Å². The summed E-state index contributed by atoms with van der Waals surface area (Å²) in [6.07, 6.45) is 3.57. The molecule has 1 fully saturated rings. The fraction of sp³-hybridized carbons (Fsp3) is 0.533. The number of hydrogen-bond acceptors (Lipinski definition) is 2. The molecule has 110 valence electrons. The Morgan fingerprint density at radius 3 is 2.25 bits per heavy atom. The SMILES string of the molecule is CNC1CCC(NC(=O)Cc2c(F)cccc2F)CC1. The minimum absolute atomic E-state index is 0.113. The maximum absolute atomic E-state index is 13.5. The van der Waals surface area contributed by atoms with Gasteiger partial charge in [-0.15, -0.1) is 0 Å². The van der Waals surface area contributed by atoms with Gasteiger partial charge >= 0.3 is 0 Å². The molecule has 1 aliphatic rings. The van der Waals surface area contributed by atoms with Gasteiger partial charge in [0, 0.05) is 17.6 Å². The quantitative estimate of drug-likeness (QED) is 0.888. The van der Waals surface area contributed by atoms with E-state index in [0.29, 0.717) is 6.04 Å². The minimum Gasteiger partial charge on any atom is -0.353 e. The van der Waals surface area contributed by atoms with Gasteiger partial charge in [-0.2, -0.15) is 0 Å². The highest BCUT2D eigenvalue weighted by Crippen LogP contribution is 2.19. The van der Waals surface area contributed by atoms with Crippen LogP contribution in [0.15, 0.2) is 18.2 Å². The van der Waals surface area contributed by atoms with Crippen LogP contribution < -0.4 is 10.6 Å². The number of benzene rings is 1. The van der Waals surface area contributed by atoms with Gasteiger partial charge in [0.2, 0.25) is 5.91 Å². The predicted octanol–water partition coefficient (Wildman–Crippen LogP) is 2.15. The molecule has 1 amide bonds. The molecule has 0 unspecified atom stereocenters. The van der Waals surface area contributed by atoms with Gasteiger partial charge in [0.15, 0.2) is 0 Å². The van der Waals surface area contributed by atoms with Gasteiger partial charge in [-0.05, 0) is 44.9 Å². The second kappa shape index (κ2) is 6.79. The Kier molecular flexibility index (Phi) is 5.06. The number of amides is 1. The molecular formula is C15H20F2N2O. The van der Waals surface area contributed by atoms with E-state index in [1.165, 1.54) is 18.2 Å². The molecule has 2 N–H and O–H groups in total. The minimum atomic E-state index is -0.668. The molecule has 0 saturated heterocycles. The zero-order chi connectivity index (χ0) is 14.5. The molecule has 0 bridgehead atoms. The molecular weight excluding hydrogens is 262 g/mol. The molecule has 0 heterocycles. The molecule has 1 saturated carbocycles. The summed E-state index contributed by atoms with van der Waals surface area (Å²) in [5.74, 6) is -1.65. The van der Waals surface area contributed by atoms with Crippen molar-refractivity contribution >= 4 is 5.91 Å². The van der Waals surface area contributed by atoms with E-state index in [9.17, 15) is 13.6 Å². The second-order valence-corrected chi connectivity index (χ2v) is 5.28. The molecule has 0 radical (unpaired) electrons. The van der Waals surface area contributed by atoms with E-state index < -0.39 is 11.6 Å². The zero-order valence-electron chi connectivity index (χ0n) is 11.6. The first kappa shape index (κ1) is 14.9. The van der Waals surface area contributed by atoms with Crippen LogP contribution in [0.1, 0.15) is 31.2 Å². The van der Waals surface area contributed by atoms with Crippen molar-refractivity contribution in [3.8, 4) is 0 Å². The molecule has 1 aromatic rings. The van der Waals surface area contributed by atoms with Crippen LogP contribution in [0.3, 0.4) is 0 Å². The first-order chi connectivity index (χ1) is 9.60. The Morgan fingerprint density at radius 1 is 1.15 bits per heavy atom. The number of carbonyl (C=O) groups is 1. The van der Waals surface area contributed by atoms with Crippen molar-refractivity contribution in [1.29, 1.82) is 0 Å². The number of rotatable bonds is 4. The maximum Gasteiger partial charge on any atom is 0.224 e. The first-order valence-corrected chi connectivity index (χ1v) is 6.99. The summed E-state index contributed by atoms with van der Waals surface area (Å²) in [7, 11) is 1.94. The fourth-order valence-corrected chi connectivity index (χ4v) is 2.67. The molecule has 2 rings (SSSR count). The lowest BCUT2D eigenvalue weighted by Crippen LogP contribution is -2.42. The summed E-state index contributed by atoms with van der Waals surface area (Å²) in [6, 6.07) is 4.26. The Bertz CT molecular complexity index is 451. The Balaban J connectivity index is 1.87. The van der Waals surface area contributed by atoms with E-state index in [2.05, 4.69) is 10.6 Å². The summed E-state index contributed by atoms with van der Waals surface area (Å²) in [4.78, 5) is 11.9. The highest BCUT2D eigenvalue weighted by atomic mass is 19.1. The summed E-state index contributed by atoms with van der Waals surface area (Å²) >= 11 is 0. The fourth-order valence-electron chi connectivity index (χ4n) is 2.67. The van der Waals surface area contributed by atoms with Crippen LogP contribution in [0, 0.1) is 11.6 Å². The predicted molar refractivity (Wildman–Crippen MR) is 73.3 cm³/mol. The van der Waals surface area contributed by atoms with Gasteiger partial charge in [-0.1, -0.05) is 6.07 Å². The Hall–Kier alpha value is -1.49. The van der Waals surface area contributed by atoms with Crippen LogP contribution in [0.2, 0.25) is 0 Å². The van der Waals surface area contributed by atoms with Crippen molar-refractivity contribution in [3.63, 3.8) is 0 Å². The molecule has 1 aliphatic carbocycles. The monoisotopic (exact) mass is 282 g/mol. The zero-order valence-corrected chi connectivity index (χ0v) is 11.6. The van der Waals surface area contributed by atoms with Crippen LogP contribution in [-0.4, -0.2) is 25.0 Å². The third-order valence-corrected chi connectivity index (χ3v) is 3.90. The van der Waals surface area contributed by atoms with E-state index in [1.54, 1.807) is 0 Å². The third-order valence-electron chi connectivity index (χ3n) is 3.90. The van der Waals surface area contributed by atoms with Crippen molar-refractivity contribution < 1.29 is 13.6 Å². The Morgan fingerprint density at radius 2 is 1.70 bits per heavy atom. The van der Waals surface area contributed by atoms with Crippen LogP contribution in [0.25, 0.3) is 0 Å². The summed E-state index contributed by atoms with van der Waals surface area (Å²) in [5.41, 5.74) is -0.158. The number of halogens is 2. The van der Waals surface area contributed by atoms with Crippen molar-refractivity contribution in [2.75, 3.05) is 7.05 Å². The number of nitrogens with one attached hydrogen (secondary N) is 2. The van der Waals surface area contributed by atoms with Crippen LogP contribution in [0.4, 0.5) is 8.78 Å². The summed E-state index contributed by atoms with van der Waals surface area (Å²) in [5, 5.41) is 6.09. The third kappa shape index (κ3) is 3.76. The molecule has 0 aliphatic heterocycles. The van der Waals surface area contributed by atoms with Crippen LogP contribution >= 0.6 is 0 Å². The van der Waals surface area contributed by atoms with Gasteiger partial charge in [-0.3, -0.25) is 4.79 Å². The smallest absolute Gasteiger partial charge is 0.224 e. The van der Waals surface area contributed by atoms with Crippen LogP contribution in [0.5, 0.6) is 0 Å². The average molecular weight is 282 g/mol. The summed E-state index contributed by atoms with van der Waals surface area (Å²) in [6.45, 7) is 0. The topological polar surface area (TPSA) is 41.1 Å². The van der Waals surface area contributed by atoms with E-state index in [0.717, 1.165) is 25.7 Å². The van der Waals surface area contributed by atoms with Crippen molar-refractivity contribution in [2.45, 2.75) is 44.2 Å². The number of carbonyl (C=O) groups excluding carboxylic acids is 1. The van der Waals surface area contributed by atoms with Crippen LogP contribution in [-0.2, 0) is 11.2 Å². The van der Waals surface area contributed by atoms with Gasteiger partial charge in [0.25, 0.3) is 0 Å². The highest BCUT2D eigenvalue weighted by Gasteiger charge is 2.22. The maximum atomic E-state index is 13.5. The van der Waals surface area contributed by atoms with E-state index >= 15 is 0 Å². The largest absolute Gasteiger partial charge is 0.353 e. The van der Waals surface area contributed by atoms with E-state index in [-0.39, 0.29) is 23.9 Å². The molecule has 5 heteroatoms. The van der Waals surface area contributed by atoms with Gasteiger partial charge in [0.1, 0.15) is 11.6 Å². The van der Waals surface area contributed by atoms with Gasteiger partial charge in [-0.25, -0.2) is 8.78 Å². The lowest BCUT2D eigenvalue weighted by molar-refractivity contribution is -0.121. The average Bonchev–Trinajstić information content (AvgIpc) is 2.44. The normalized spacial score (nSPS) is 22.6. The lowest BCUT2D eigenvalue weighted by atomic mass is 9.91. The molecule has 0 atom stereocenters. The van der Waals surface area contributed by atoms with Crippen molar-refractivity contribution in [1.82, 2.24) is 10.6 Å². The van der Waals surface area contributed by atoms with Crippen molar-refractivity contribution in [3.05, 3.63) is 35.4 Å². The molecule has 1 aromatic carbocycles. The second-order valence-electron chi connectivity index (χ2n) is 5.28. The van der Waals surface area contributed by atoms with Gasteiger partial charge < -0.3 is 10.6 Å². The molecule has 20 heavy (non-hydrogen) atoms. The van der Waals surface area contributed by atoms with Gasteiger partial charge in [0.05, 0.1) is 6.42 Å². The summed E-state index contributed by atoms with van der Waals surface area (Å²) < 4.78 is 26.9. The first-order valence-electron chi connectivity index (χ1n) is 6.99. The standard InChI is InChI=1S/C15H20F2N2O/c1-18-10-5-7-11(8-6-10)19-15(20)9-12-13(16)3-2-4-14(12)17/h2-4,10-11,18H,5-9H2,1H3,(H,19,20). The van der Waals surface area contributed by atoms with Crippen molar-refractivity contribution in [2.24, 2.45) is 0 Å². The molecule has 3 nitrogen and oxygen atoms in total. The highest BCUT2D eigenvalue weighted by molar-refractivity contribution is 5.79.